The molecule has 3 radical (unpaired) electrons. The fourth-order valence-corrected chi connectivity index (χ4v) is 7.29. The maximum absolute atomic E-state index is 5.81. The molecule has 0 aromatic carbocycles. The zero-order valence-electron chi connectivity index (χ0n) is 8.89. The van der Waals surface area contributed by atoms with Gasteiger partial charge >= 0.3 is 0 Å². The molecule has 0 heterocycles. The number of hydrogen-bond donors (Lipinski definition) is 0. The Balaban J connectivity index is -0.000000135. The second-order valence-corrected chi connectivity index (χ2v) is 12.5. The summed E-state index contributed by atoms with van der Waals surface area (Å²) in [6.07, 6.45) is 0. The fourth-order valence-electron chi connectivity index (χ4n) is 0.761. The molecule has 5 nitrogen and oxygen atoms in total. The minimum Gasteiger partial charge on any atom is -0.775 e. The van der Waals surface area contributed by atoms with Gasteiger partial charge in [-0.1, -0.05) is 0 Å². The lowest BCUT2D eigenvalue weighted by molar-refractivity contribution is 0.418. The molecular weight excluding hydrogens is 223 g/mol. The maximum atomic E-state index is 5.81. The molecule has 0 amide bonds. The highest BCUT2D eigenvalue weighted by atomic mass is 28.4. The summed E-state index contributed by atoms with van der Waals surface area (Å²) in [7, 11) is -3.18. The van der Waals surface area contributed by atoms with E-state index in [1.807, 2.05) is 0 Å². The van der Waals surface area contributed by atoms with Crippen LogP contribution in [0.5, 0.6) is 0 Å². The molecule has 0 aliphatic carbocycles. The van der Waals surface area contributed by atoms with Gasteiger partial charge in [-0.05, 0) is 32.7 Å². The van der Waals surface area contributed by atoms with E-state index >= 15 is 0 Å². The van der Waals surface area contributed by atoms with Gasteiger partial charge in [0.05, 0.1) is 0 Å². The van der Waals surface area contributed by atoms with Crippen LogP contribution in [-0.4, -0.2) is 49.9 Å². The molecule has 0 aliphatic rings. The minimum atomic E-state index is -1.79. The van der Waals surface area contributed by atoms with Crippen LogP contribution in [0.1, 0.15) is 0 Å². The van der Waals surface area contributed by atoms with Crippen LogP contribution in [0, 0.1) is 0 Å². The Morgan fingerprint density at radius 3 is 1.23 bits per heavy atom. The highest BCUT2D eigenvalue weighted by Crippen LogP contribution is 2.13. The number of hydrogen-bond acceptors (Lipinski definition) is 2. The van der Waals surface area contributed by atoms with Crippen molar-refractivity contribution < 1.29 is 24.0 Å². The van der Waals surface area contributed by atoms with Crippen LogP contribution in [0.15, 0.2) is 0 Å². The second-order valence-electron chi connectivity index (χ2n) is 3.73. The van der Waals surface area contributed by atoms with Crippen LogP contribution >= 0.6 is 0 Å². The van der Waals surface area contributed by atoms with E-state index in [0.29, 0.717) is 0 Å². The average Bonchev–Trinajstić information content (AvgIpc) is 1.60. The largest absolute Gasteiger partial charge is 0.775 e. The quantitative estimate of drug-likeness (QED) is 0.603. The van der Waals surface area contributed by atoms with Crippen LogP contribution in [0.2, 0.25) is 32.7 Å². The van der Waals surface area contributed by atoms with Crippen LogP contribution < -0.4 is 0 Å². The SMILES string of the molecule is C[Si](C)(C)O[Si](C)(C)[O][Al-].O.O.O. The van der Waals surface area contributed by atoms with E-state index in [-0.39, 0.29) is 16.4 Å². The third kappa shape index (κ3) is 15.5. The molecule has 0 unspecified atom stereocenters. The minimum absolute atomic E-state index is 0. The molecule has 0 saturated carbocycles. The normalized spacial score (nSPS) is 10.6. The van der Waals surface area contributed by atoms with Crippen molar-refractivity contribution in [2.45, 2.75) is 32.7 Å². The topological polar surface area (TPSA) is 113 Å². The molecule has 0 rings (SSSR count). The Kier molecular flexibility index (Phi) is 14.7. The Labute approximate surface area is 90.5 Å². The van der Waals surface area contributed by atoms with Gasteiger partial charge in [-0.2, -0.15) is 0 Å². The van der Waals surface area contributed by atoms with Gasteiger partial charge in [-0.15, -0.1) is 0 Å². The summed E-state index contributed by atoms with van der Waals surface area (Å²) in [4.78, 5) is 0. The van der Waals surface area contributed by atoms with Crippen LogP contribution in [0.4, 0.5) is 0 Å². The Morgan fingerprint density at radius 2 is 1.15 bits per heavy atom. The lowest BCUT2D eigenvalue weighted by Crippen LogP contribution is -2.44. The molecule has 0 spiro atoms. The van der Waals surface area contributed by atoms with Crippen molar-refractivity contribution in [2.75, 3.05) is 0 Å². The molecule has 83 valence electrons. The molecule has 0 fully saturated rings. The number of rotatable bonds is 3. The standard InChI is InChI=1S/C5H15O2Si2.Al.3H2O/c1-8(2,3)7-9(4,5)6;;;;/h1-5H3;;3*1H2/q-1;;;;. The average molecular weight is 244 g/mol. The summed E-state index contributed by atoms with van der Waals surface area (Å²) in [6.45, 7) is 10.6. The summed E-state index contributed by atoms with van der Waals surface area (Å²) >= 11 is 2.29. The van der Waals surface area contributed by atoms with Crippen molar-refractivity contribution in [3.05, 3.63) is 0 Å². The van der Waals surface area contributed by atoms with Crippen LogP contribution in [0.25, 0.3) is 0 Å². The van der Waals surface area contributed by atoms with E-state index in [0.717, 1.165) is 0 Å². The monoisotopic (exact) mass is 244 g/mol. The molecule has 0 bridgehead atoms. The first-order valence-corrected chi connectivity index (χ1v) is 10.0. The third-order valence-electron chi connectivity index (χ3n) is 0.836. The van der Waals surface area contributed by atoms with E-state index in [9.17, 15) is 0 Å². The molecule has 0 aromatic heterocycles. The second kappa shape index (κ2) is 8.11. The Morgan fingerprint density at radius 1 is 0.846 bits per heavy atom. The predicted molar refractivity (Wildman–Crippen MR) is 59.6 cm³/mol. The summed E-state index contributed by atoms with van der Waals surface area (Å²) in [5.74, 6) is 0. The molecule has 8 heteroatoms. The van der Waals surface area contributed by atoms with Crippen molar-refractivity contribution in [2.24, 2.45) is 0 Å². The lowest BCUT2D eigenvalue weighted by atomic mass is 11.8. The van der Waals surface area contributed by atoms with Crippen LogP contribution in [-0.2, 0) is 7.59 Å². The molecule has 0 aliphatic heterocycles. The fraction of sp³-hybridized carbons (Fsp3) is 1.00. The molecule has 6 N–H and O–H groups in total. The van der Waals surface area contributed by atoms with Gasteiger partial charge in [0.15, 0.2) is 8.32 Å². The van der Waals surface area contributed by atoms with Crippen molar-refractivity contribution in [1.29, 1.82) is 0 Å². The zero-order valence-corrected chi connectivity index (χ0v) is 12.0. The van der Waals surface area contributed by atoms with Gasteiger partial charge in [0, 0.05) is 0 Å². The first-order chi connectivity index (χ1) is 4.27. The lowest BCUT2D eigenvalue weighted by Gasteiger charge is -2.37. The molecule has 0 saturated heterocycles. The van der Waals surface area contributed by atoms with Crippen molar-refractivity contribution in [3.8, 4) is 0 Å². The Hall–Kier alpha value is 0.766. The van der Waals surface area contributed by atoms with E-state index in [4.69, 9.17) is 7.59 Å². The van der Waals surface area contributed by atoms with E-state index in [2.05, 4.69) is 49.4 Å². The predicted octanol–water partition coefficient (Wildman–Crippen LogP) is -0.834. The molecule has 13 heavy (non-hydrogen) atoms. The summed E-state index contributed by atoms with van der Waals surface area (Å²) in [6, 6.07) is 0. The van der Waals surface area contributed by atoms with E-state index in [1.54, 1.807) is 0 Å². The highest BCUT2D eigenvalue weighted by molar-refractivity contribution is 6.82. The Bertz CT molecular complexity index is 116. The van der Waals surface area contributed by atoms with Gasteiger partial charge in [-0.3, -0.25) is 0 Å². The smallest absolute Gasteiger partial charge is 0.256 e. The molecular formula is C5H21AlO5Si2-. The third-order valence-corrected chi connectivity index (χ3v) is 7.52. The molecule has 0 atom stereocenters. The van der Waals surface area contributed by atoms with Gasteiger partial charge in [0.1, 0.15) is 0 Å². The maximum Gasteiger partial charge on any atom is 0.256 e. The van der Waals surface area contributed by atoms with Crippen LogP contribution in [0.3, 0.4) is 0 Å². The van der Waals surface area contributed by atoms with E-state index < -0.39 is 16.9 Å². The first kappa shape index (κ1) is 23.5. The van der Waals surface area contributed by atoms with Gasteiger partial charge in [0.25, 0.3) is 8.56 Å². The van der Waals surface area contributed by atoms with E-state index in [1.165, 1.54) is 0 Å². The summed E-state index contributed by atoms with van der Waals surface area (Å²) in [5, 5.41) is 0. The first-order valence-electron chi connectivity index (χ1n) is 3.35. The summed E-state index contributed by atoms with van der Waals surface area (Å²) in [5.41, 5.74) is 0. The van der Waals surface area contributed by atoms with Crippen molar-refractivity contribution in [3.63, 3.8) is 0 Å². The highest BCUT2D eigenvalue weighted by Gasteiger charge is 2.25. The van der Waals surface area contributed by atoms with Crippen molar-refractivity contribution in [1.82, 2.24) is 0 Å². The summed E-state index contributed by atoms with van der Waals surface area (Å²) < 4.78 is 11.0. The molecule has 0 aromatic rings. The van der Waals surface area contributed by atoms with Crippen molar-refractivity contribution >= 4 is 33.5 Å². The van der Waals surface area contributed by atoms with Gasteiger partial charge in [0.2, 0.25) is 0 Å². The van der Waals surface area contributed by atoms with Gasteiger partial charge in [-0.25, -0.2) is 0 Å². The van der Waals surface area contributed by atoms with Gasteiger partial charge < -0.3 is 40.6 Å². The zero-order chi connectivity index (χ0) is 8.41.